The highest BCUT2D eigenvalue weighted by atomic mass is 16.2. The number of hydrogen-bond acceptors (Lipinski definition) is 3. The Morgan fingerprint density at radius 1 is 1.28 bits per heavy atom. The Balaban J connectivity index is 1.93. The second-order valence-electron chi connectivity index (χ2n) is 8.05. The molecule has 25 heavy (non-hydrogen) atoms. The molecular weight excluding hydrogens is 314 g/mol. The highest BCUT2D eigenvalue weighted by Crippen LogP contribution is 2.26. The van der Waals surface area contributed by atoms with E-state index in [0.717, 1.165) is 18.7 Å². The van der Waals surface area contributed by atoms with Crippen molar-refractivity contribution < 1.29 is 9.59 Å². The van der Waals surface area contributed by atoms with Crippen molar-refractivity contribution in [1.29, 1.82) is 0 Å². The molecule has 1 N–H and O–H groups in total. The van der Waals surface area contributed by atoms with Gasteiger partial charge < -0.3 is 15.1 Å². The maximum Gasteiger partial charge on any atom is 0.227 e. The normalized spacial score (nSPS) is 18.1. The van der Waals surface area contributed by atoms with Crippen molar-refractivity contribution in [3.05, 3.63) is 29.8 Å². The largest absolute Gasteiger partial charge is 0.355 e. The number of amides is 2. The van der Waals surface area contributed by atoms with Crippen molar-refractivity contribution in [1.82, 2.24) is 10.2 Å². The highest BCUT2D eigenvalue weighted by molar-refractivity contribution is 6.00. The van der Waals surface area contributed by atoms with Crippen LogP contribution >= 0.6 is 0 Å². The number of nitrogens with one attached hydrogen (secondary N) is 1. The summed E-state index contributed by atoms with van der Waals surface area (Å²) in [5.41, 5.74) is 2.12. The van der Waals surface area contributed by atoms with Crippen LogP contribution in [0.1, 0.15) is 32.8 Å². The fraction of sp³-hybridized carbons (Fsp3) is 0.600. The van der Waals surface area contributed by atoms with Gasteiger partial charge in [-0.1, -0.05) is 32.9 Å². The minimum absolute atomic E-state index is 0.00254. The number of carbonyl (C=O) groups excluding carboxylic acids is 2. The van der Waals surface area contributed by atoms with Crippen LogP contribution in [-0.4, -0.2) is 50.4 Å². The van der Waals surface area contributed by atoms with Gasteiger partial charge in [0.2, 0.25) is 11.8 Å². The summed E-state index contributed by atoms with van der Waals surface area (Å²) in [4.78, 5) is 28.7. The van der Waals surface area contributed by atoms with E-state index in [-0.39, 0.29) is 29.6 Å². The zero-order valence-electron chi connectivity index (χ0n) is 16.1. The predicted molar refractivity (Wildman–Crippen MR) is 102 cm³/mol. The van der Waals surface area contributed by atoms with Gasteiger partial charge in [-0.2, -0.15) is 0 Å². The van der Waals surface area contributed by atoms with Crippen molar-refractivity contribution in [2.45, 2.75) is 33.6 Å². The summed E-state index contributed by atoms with van der Waals surface area (Å²) in [6.45, 7) is 8.34. The number of benzene rings is 1. The third kappa shape index (κ3) is 5.30. The second kappa shape index (κ2) is 8.00. The Bertz CT molecular complexity index is 608. The van der Waals surface area contributed by atoms with Crippen LogP contribution < -0.4 is 10.2 Å². The summed E-state index contributed by atoms with van der Waals surface area (Å²) in [6, 6.07) is 8.02. The number of nitrogens with zero attached hydrogens (tertiary/aromatic N) is 2. The first kappa shape index (κ1) is 19.4. The van der Waals surface area contributed by atoms with Crippen LogP contribution in [0.4, 0.5) is 5.69 Å². The minimum atomic E-state index is -0.270. The van der Waals surface area contributed by atoms with Gasteiger partial charge in [0.25, 0.3) is 0 Å². The van der Waals surface area contributed by atoms with Crippen molar-refractivity contribution in [3.63, 3.8) is 0 Å². The molecule has 1 aliphatic rings. The van der Waals surface area contributed by atoms with Crippen LogP contribution in [0.25, 0.3) is 0 Å². The van der Waals surface area contributed by atoms with E-state index in [1.807, 2.05) is 38.4 Å². The predicted octanol–water partition coefficient (Wildman–Crippen LogP) is 2.31. The molecule has 1 aromatic rings. The molecule has 1 unspecified atom stereocenters. The summed E-state index contributed by atoms with van der Waals surface area (Å²) >= 11 is 0. The van der Waals surface area contributed by atoms with Crippen molar-refractivity contribution in [2.24, 2.45) is 11.3 Å². The lowest BCUT2D eigenvalue weighted by molar-refractivity contribution is -0.126. The van der Waals surface area contributed by atoms with Gasteiger partial charge >= 0.3 is 0 Å². The first-order chi connectivity index (χ1) is 11.7. The Labute approximate surface area is 151 Å². The quantitative estimate of drug-likeness (QED) is 0.825. The van der Waals surface area contributed by atoms with Crippen molar-refractivity contribution in [3.8, 4) is 0 Å². The van der Waals surface area contributed by atoms with E-state index in [1.54, 1.807) is 4.90 Å². The molecule has 0 radical (unpaired) electrons. The molecule has 5 nitrogen and oxygen atoms in total. The molecule has 2 amide bonds. The summed E-state index contributed by atoms with van der Waals surface area (Å²) in [5.74, 6) is -0.265. The summed E-state index contributed by atoms with van der Waals surface area (Å²) < 4.78 is 0. The van der Waals surface area contributed by atoms with Gasteiger partial charge in [0, 0.05) is 31.7 Å². The molecule has 0 saturated carbocycles. The van der Waals surface area contributed by atoms with Gasteiger partial charge in [-0.05, 0) is 43.6 Å². The van der Waals surface area contributed by atoms with Crippen LogP contribution in [0.3, 0.4) is 0 Å². The lowest BCUT2D eigenvalue weighted by Gasteiger charge is -2.29. The van der Waals surface area contributed by atoms with Gasteiger partial charge in [0.05, 0.1) is 5.92 Å². The first-order valence-corrected chi connectivity index (χ1v) is 9.03. The van der Waals surface area contributed by atoms with E-state index in [1.165, 1.54) is 5.56 Å². The zero-order valence-corrected chi connectivity index (χ0v) is 16.1. The van der Waals surface area contributed by atoms with Gasteiger partial charge in [0.15, 0.2) is 0 Å². The van der Waals surface area contributed by atoms with Crippen molar-refractivity contribution in [2.75, 3.05) is 38.6 Å². The number of carbonyl (C=O) groups is 2. The molecule has 1 aliphatic heterocycles. The van der Waals surface area contributed by atoms with Gasteiger partial charge in [-0.3, -0.25) is 9.59 Å². The second-order valence-corrected chi connectivity index (χ2v) is 8.05. The van der Waals surface area contributed by atoms with E-state index >= 15 is 0 Å². The minimum Gasteiger partial charge on any atom is -0.355 e. The average molecular weight is 345 g/mol. The molecule has 1 atom stereocenters. The lowest BCUT2D eigenvalue weighted by Crippen LogP contribution is -2.42. The van der Waals surface area contributed by atoms with E-state index in [0.29, 0.717) is 13.1 Å². The Hall–Kier alpha value is -1.88. The first-order valence-electron chi connectivity index (χ1n) is 9.03. The van der Waals surface area contributed by atoms with E-state index in [4.69, 9.17) is 0 Å². The zero-order chi connectivity index (χ0) is 18.6. The van der Waals surface area contributed by atoms with Crippen LogP contribution in [0.15, 0.2) is 24.3 Å². The standard InChI is InChI=1S/C20H31N3O2/c1-6-15-7-9-17(10-8-15)23-12-16(11-18(23)24)19(25)21-13-20(2,3)14-22(4)5/h7-10,16H,6,11-14H2,1-5H3,(H,21,25). The Morgan fingerprint density at radius 2 is 1.92 bits per heavy atom. The molecule has 0 spiro atoms. The average Bonchev–Trinajstić information content (AvgIpc) is 2.93. The molecule has 0 aromatic heterocycles. The van der Waals surface area contributed by atoms with E-state index < -0.39 is 0 Å². The molecule has 0 aliphatic carbocycles. The number of hydrogen-bond donors (Lipinski definition) is 1. The Morgan fingerprint density at radius 3 is 2.48 bits per heavy atom. The van der Waals surface area contributed by atoms with E-state index in [2.05, 4.69) is 31.0 Å². The summed E-state index contributed by atoms with van der Waals surface area (Å²) in [7, 11) is 4.06. The molecule has 2 rings (SSSR count). The molecular formula is C20H31N3O2. The highest BCUT2D eigenvalue weighted by Gasteiger charge is 2.35. The SMILES string of the molecule is CCc1ccc(N2CC(C(=O)NCC(C)(C)CN(C)C)CC2=O)cc1. The topological polar surface area (TPSA) is 52.7 Å². The monoisotopic (exact) mass is 345 g/mol. The van der Waals surface area contributed by atoms with Gasteiger partial charge in [0.1, 0.15) is 0 Å². The molecule has 1 heterocycles. The third-order valence-electron chi connectivity index (χ3n) is 4.64. The van der Waals surface area contributed by atoms with Gasteiger partial charge in [-0.15, -0.1) is 0 Å². The lowest BCUT2D eigenvalue weighted by atomic mass is 9.92. The summed E-state index contributed by atoms with van der Waals surface area (Å²) in [5, 5.41) is 3.04. The fourth-order valence-corrected chi connectivity index (χ4v) is 3.43. The number of aryl methyl sites for hydroxylation is 1. The molecule has 5 heteroatoms. The third-order valence-corrected chi connectivity index (χ3v) is 4.64. The molecule has 1 saturated heterocycles. The van der Waals surface area contributed by atoms with Gasteiger partial charge in [-0.25, -0.2) is 0 Å². The maximum absolute atomic E-state index is 12.5. The molecule has 138 valence electrons. The van der Waals surface area contributed by atoms with Crippen molar-refractivity contribution >= 4 is 17.5 Å². The van der Waals surface area contributed by atoms with Crippen LogP contribution in [0.5, 0.6) is 0 Å². The smallest absolute Gasteiger partial charge is 0.227 e. The molecule has 0 bridgehead atoms. The number of rotatable bonds is 7. The van der Waals surface area contributed by atoms with Crippen LogP contribution in [-0.2, 0) is 16.0 Å². The molecule has 1 aromatic carbocycles. The van der Waals surface area contributed by atoms with Crippen LogP contribution in [0, 0.1) is 11.3 Å². The number of anilines is 1. The fourth-order valence-electron chi connectivity index (χ4n) is 3.43. The van der Waals surface area contributed by atoms with E-state index in [9.17, 15) is 9.59 Å². The Kier molecular flexibility index (Phi) is 6.22. The molecule has 1 fully saturated rings. The van der Waals surface area contributed by atoms with Crippen LogP contribution in [0.2, 0.25) is 0 Å². The maximum atomic E-state index is 12.5. The summed E-state index contributed by atoms with van der Waals surface area (Å²) in [6.07, 6.45) is 1.26.